The number of carbonyl (C=O) groups excluding carboxylic acids is 2. The molecular formula is C33H37N5O4. The molecule has 4 aromatic rings. The summed E-state index contributed by atoms with van der Waals surface area (Å²) in [7, 11) is 0. The number of amides is 2. The minimum atomic E-state index is -0.764. The number of likely N-dealkylation sites (tertiary alicyclic amines) is 1. The molecule has 0 radical (unpaired) electrons. The average Bonchev–Trinajstić information content (AvgIpc) is 3.84. The van der Waals surface area contributed by atoms with Crippen molar-refractivity contribution >= 4 is 11.8 Å². The summed E-state index contributed by atoms with van der Waals surface area (Å²) in [5.74, 6) is 0.0286. The van der Waals surface area contributed by atoms with Gasteiger partial charge in [0, 0.05) is 41.8 Å². The molecule has 0 bridgehead atoms. The molecule has 3 N–H and O–H groups in total. The van der Waals surface area contributed by atoms with E-state index >= 15 is 0 Å². The fourth-order valence-corrected chi connectivity index (χ4v) is 6.14. The molecular weight excluding hydrogens is 530 g/mol. The Morgan fingerprint density at radius 1 is 1.07 bits per heavy atom. The predicted octanol–water partition coefficient (Wildman–Crippen LogP) is 4.21. The number of aryl methyl sites for hydroxylation is 1. The molecule has 0 unspecified atom stereocenters. The van der Waals surface area contributed by atoms with Crippen LogP contribution >= 0.6 is 0 Å². The smallest absolute Gasteiger partial charge is 0.254 e. The van der Waals surface area contributed by atoms with Gasteiger partial charge in [0.2, 0.25) is 5.89 Å². The summed E-state index contributed by atoms with van der Waals surface area (Å²) < 4.78 is 7.54. The van der Waals surface area contributed by atoms with Crippen LogP contribution in [-0.2, 0) is 6.42 Å². The Balaban J connectivity index is 1.30. The Hall–Kier alpha value is -4.21. The number of rotatable bonds is 9. The van der Waals surface area contributed by atoms with Gasteiger partial charge in [-0.2, -0.15) is 0 Å². The van der Waals surface area contributed by atoms with Crippen molar-refractivity contribution in [3.8, 4) is 5.69 Å². The number of hydrogen-bond donors (Lipinski definition) is 3. The number of aromatic nitrogens is 2. The van der Waals surface area contributed by atoms with Gasteiger partial charge in [-0.15, -0.1) is 0 Å². The monoisotopic (exact) mass is 567 g/mol. The summed E-state index contributed by atoms with van der Waals surface area (Å²) in [5.41, 5.74) is 3.28. The van der Waals surface area contributed by atoms with Gasteiger partial charge in [-0.3, -0.25) is 9.59 Å². The fourth-order valence-electron chi connectivity index (χ4n) is 6.14. The van der Waals surface area contributed by atoms with Crippen LogP contribution in [0.2, 0.25) is 0 Å². The lowest BCUT2D eigenvalue weighted by atomic mass is 9.95. The normalized spacial score (nSPS) is 20.0. The second-order valence-corrected chi connectivity index (χ2v) is 11.3. The fraction of sp³-hybridized carbons (Fsp3) is 0.364. The molecule has 4 heterocycles. The molecule has 2 aliphatic rings. The second-order valence-electron chi connectivity index (χ2n) is 11.3. The summed E-state index contributed by atoms with van der Waals surface area (Å²) in [4.78, 5) is 34.1. The quantitative estimate of drug-likeness (QED) is 0.279. The van der Waals surface area contributed by atoms with Crippen molar-refractivity contribution < 1.29 is 19.1 Å². The Morgan fingerprint density at radius 3 is 2.57 bits per heavy atom. The van der Waals surface area contributed by atoms with Crippen LogP contribution in [0.5, 0.6) is 0 Å². The first-order valence-electron chi connectivity index (χ1n) is 14.7. The zero-order valence-electron chi connectivity index (χ0n) is 23.8. The summed E-state index contributed by atoms with van der Waals surface area (Å²) >= 11 is 0. The lowest BCUT2D eigenvalue weighted by molar-refractivity contribution is 0.0715. The van der Waals surface area contributed by atoms with Crippen molar-refractivity contribution in [1.82, 2.24) is 25.1 Å². The first-order valence-corrected chi connectivity index (χ1v) is 14.7. The van der Waals surface area contributed by atoms with E-state index in [0.29, 0.717) is 35.7 Å². The Morgan fingerprint density at radius 2 is 1.86 bits per heavy atom. The predicted molar refractivity (Wildman–Crippen MR) is 158 cm³/mol. The zero-order chi connectivity index (χ0) is 29.1. The van der Waals surface area contributed by atoms with Crippen molar-refractivity contribution in [2.24, 2.45) is 0 Å². The van der Waals surface area contributed by atoms with E-state index in [-0.39, 0.29) is 23.9 Å². The van der Waals surface area contributed by atoms with E-state index in [1.165, 1.54) is 0 Å². The maximum atomic E-state index is 13.9. The summed E-state index contributed by atoms with van der Waals surface area (Å²) in [5, 5.41) is 17.8. The molecule has 4 atom stereocenters. The first kappa shape index (κ1) is 27.9. The second kappa shape index (κ2) is 12.3. The summed E-state index contributed by atoms with van der Waals surface area (Å²) in [6, 6.07) is 18.1. The average molecular weight is 568 g/mol. The third-order valence-electron chi connectivity index (χ3n) is 8.30. The maximum Gasteiger partial charge on any atom is 0.254 e. The number of carbonyl (C=O) groups is 2. The van der Waals surface area contributed by atoms with Crippen LogP contribution in [0.25, 0.3) is 5.69 Å². The Bertz CT molecular complexity index is 1510. The Kier molecular flexibility index (Phi) is 8.21. The van der Waals surface area contributed by atoms with Gasteiger partial charge < -0.3 is 29.6 Å². The molecule has 0 spiro atoms. The lowest BCUT2D eigenvalue weighted by Gasteiger charge is -2.29. The number of hydrogen-bond acceptors (Lipinski definition) is 6. The zero-order valence-corrected chi connectivity index (χ0v) is 23.8. The molecule has 9 nitrogen and oxygen atoms in total. The number of nitrogens with zero attached hydrogens (tertiary/aromatic N) is 3. The molecule has 0 saturated carbocycles. The van der Waals surface area contributed by atoms with Crippen LogP contribution in [0.4, 0.5) is 0 Å². The molecule has 2 aromatic carbocycles. The van der Waals surface area contributed by atoms with Crippen molar-refractivity contribution in [1.29, 1.82) is 0 Å². The van der Waals surface area contributed by atoms with E-state index in [1.807, 2.05) is 72.4 Å². The summed E-state index contributed by atoms with van der Waals surface area (Å²) in [6.45, 7) is 3.30. The van der Waals surface area contributed by atoms with E-state index in [4.69, 9.17) is 4.42 Å². The Labute approximate surface area is 245 Å². The van der Waals surface area contributed by atoms with E-state index in [2.05, 4.69) is 15.6 Å². The number of benzene rings is 2. The van der Waals surface area contributed by atoms with Gasteiger partial charge in [0.15, 0.2) is 0 Å². The highest BCUT2D eigenvalue weighted by Gasteiger charge is 2.35. The van der Waals surface area contributed by atoms with Crippen LogP contribution in [0, 0.1) is 6.92 Å². The van der Waals surface area contributed by atoms with Crippen LogP contribution < -0.4 is 10.6 Å². The maximum absolute atomic E-state index is 13.9. The van der Waals surface area contributed by atoms with Gasteiger partial charge >= 0.3 is 0 Å². The van der Waals surface area contributed by atoms with E-state index in [1.54, 1.807) is 23.3 Å². The van der Waals surface area contributed by atoms with E-state index in [9.17, 15) is 14.7 Å². The molecule has 6 rings (SSSR count). The molecule has 218 valence electrons. The molecule has 0 aliphatic carbocycles. The van der Waals surface area contributed by atoms with Gasteiger partial charge in [-0.05, 0) is 81.5 Å². The van der Waals surface area contributed by atoms with Gasteiger partial charge in [0.1, 0.15) is 12.3 Å². The molecule has 2 aliphatic heterocycles. The molecule has 9 heteroatoms. The van der Waals surface area contributed by atoms with Gasteiger partial charge in [-0.25, -0.2) is 4.98 Å². The number of nitrogens with one attached hydrogen (secondary N) is 2. The van der Waals surface area contributed by atoms with Gasteiger partial charge in [-0.1, -0.05) is 30.3 Å². The number of aliphatic hydroxyl groups excluding tert-OH is 1. The van der Waals surface area contributed by atoms with Crippen LogP contribution in [0.15, 0.2) is 83.7 Å². The third-order valence-corrected chi connectivity index (χ3v) is 8.30. The van der Waals surface area contributed by atoms with Gasteiger partial charge in [0.05, 0.1) is 17.8 Å². The number of oxazole rings is 1. The molecule has 2 fully saturated rings. The van der Waals surface area contributed by atoms with Crippen LogP contribution in [0.3, 0.4) is 0 Å². The van der Waals surface area contributed by atoms with Gasteiger partial charge in [0.25, 0.3) is 11.8 Å². The van der Waals surface area contributed by atoms with Crippen molar-refractivity contribution in [2.75, 3.05) is 13.1 Å². The molecule has 2 amide bonds. The van der Waals surface area contributed by atoms with Crippen molar-refractivity contribution in [2.45, 2.75) is 63.3 Å². The highest BCUT2D eigenvalue weighted by molar-refractivity contribution is 6.01. The van der Waals surface area contributed by atoms with E-state index < -0.39 is 12.1 Å². The molecule has 2 saturated heterocycles. The largest absolute Gasteiger partial charge is 0.446 e. The topological polar surface area (TPSA) is 113 Å². The van der Waals surface area contributed by atoms with E-state index in [0.717, 1.165) is 43.5 Å². The van der Waals surface area contributed by atoms with Crippen LogP contribution in [0.1, 0.15) is 69.6 Å². The third kappa shape index (κ3) is 6.03. The summed E-state index contributed by atoms with van der Waals surface area (Å²) in [6.07, 6.45) is 8.54. The molecule has 2 aromatic heterocycles. The number of aliphatic hydroxyl groups is 1. The minimum Gasteiger partial charge on any atom is -0.446 e. The van der Waals surface area contributed by atoms with Crippen LogP contribution in [-0.4, -0.2) is 62.6 Å². The van der Waals surface area contributed by atoms with Crippen molar-refractivity contribution in [3.05, 3.63) is 108 Å². The highest BCUT2D eigenvalue weighted by atomic mass is 16.3. The molecule has 42 heavy (non-hydrogen) atoms. The standard InChI is InChI=1S/C33H37N5O4/c1-22-21-42-32(35-22)29-12-8-16-38(29)33(41)25-18-24(19-26(20-25)37-14-5-6-15-37)31(40)36-28(17-23-9-3-2-4-10-23)30(39)27-11-7-13-34-27/h2-6,9-10,14-15,18-21,27-30,34,39H,7-8,11-13,16-17H2,1H3,(H,36,40)/t27-,28+,29-,30+/m1/s1. The first-order chi connectivity index (χ1) is 20.5. The highest BCUT2D eigenvalue weighted by Crippen LogP contribution is 2.33. The lowest BCUT2D eigenvalue weighted by Crippen LogP contribution is -2.52. The SMILES string of the molecule is Cc1coc([C@H]2CCCN2C(=O)c2cc(C(=O)N[C@@H](Cc3ccccc3)[C@@H](O)[C@H]3CCCN3)cc(-n3cccc3)c2)n1. The van der Waals surface area contributed by atoms with Crippen molar-refractivity contribution in [3.63, 3.8) is 0 Å². The minimum absolute atomic E-state index is 0.0895.